The molecular weight excluding hydrogens is 176 g/mol. The minimum Gasteiger partial charge on any atom is -0.368 e. The Bertz CT molecular complexity index is 331. The van der Waals surface area contributed by atoms with Crippen LogP contribution in [0.2, 0.25) is 0 Å². The van der Waals surface area contributed by atoms with E-state index in [2.05, 4.69) is 27.4 Å². The Hall–Kier alpha value is -1.58. The van der Waals surface area contributed by atoms with Gasteiger partial charge in [-0.25, -0.2) is 4.98 Å². The summed E-state index contributed by atoms with van der Waals surface area (Å²) in [4.78, 5) is 8.15. The first-order chi connectivity index (χ1) is 6.74. The molecule has 4 nitrogen and oxygen atoms in total. The van der Waals surface area contributed by atoms with Crippen molar-refractivity contribution < 1.29 is 0 Å². The van der Waals surface area contributed by atoms with Crippen molar-refractivity contribution in [2.45, 2.75) is 25.8 Å². The molecule has 0 aliphatic heterocycles. The number of aryl methyl sites for hydroxylation is 1. The van der Waals surface area contributed by atoms with Crippen molar-refractivity contribution >= 4 is 11.8 Å². The van der Waals surface area contributed by atoms with Crippen LogP contribution in [-0.4, -0.2) is 16.0 Å². The van der Waals surface area contributed by atoms with E-state index in [4.69, 9.17) is 5.73 Å². The second kappa shape index (κ2) is 3.65. The van der Waals surface area contributed by atoms with Gasteiger partial charge in [0.2, 0.25) is 5.95 Å². The summed E-state index contributed by atoms with van der Waals surface area (Å²) in [7, 11) is 0. The van der Waals surface area contributed by atoms with Crippen molar-refractivity contribution in [3.8, 4) is 0 Å². The summed E-state index contributed by atoms with van der Waals surface area (Å²) in [6, 6.07) is 2.37. The Kier molecular flexibility index (Phi) is 2.35. The van der Waals surface area contributed by atoms with Crippen LogP contribution in [0.1, 0.15) is 18.5 Å². The van der Waals surface area contributed by atoms with Crippen molar-refractivity contribution in [1.29, 1.82) is 0 Å². The van der Waals surface area contributed by atoms with Gasteiger partial charge in [0.1, 0.15) is 5.82 Å². The fraction of sp³-hybridized carbons (Fsp3) is 0.400. The van der Waals surface area contributed by atoms with Crippen LogP contribution in [0.3, 0.4) is 0 Å². The van der Waals surface area contributed by atoms with Crippen LogP contribution in [0.15, 0.2) is 18.2 Å². The average molecular weight is 190 g/mol. The number of nitrogens with zero attached hydrogens (tertiary/aromatic N) is 2. The van der Waals surface area contributed by atoms with Gasteiger partial charge in [0.05, 0.1) is 0 Å². The molecule has 74 valence electrons. The summed E-state index contributed by atoms with van der Waals surface area (Å²) in [6.07, 6.45) is 6.47. The summed E-state index contributed by atoms with van der Waals surface area (Å²) < 4.78 is 0. The summed E-state index contributed by atoms with van der Waals surface area (Å²) in [5.74, 6) is 1.15. The van der Waals surface area contributed by atoms with Gasteiger partial charge in [0.15, 0.2) is 0 Å². The SMILES string of the molecule is Cc1cc(NC2CC=CC2)nc(N)n1. The van der Waals surface area contributed by atoms with Crippen LogP contribution >= 0.6 is 0 Å². The monoisotopic (exact) mass is 190 g/mol. The Morgan fingerprint density at radius 1 is 1.36 bits per heavy atom. The number of nitrogen functional groups attached to an aromatic ring is 1. The van der Waals surface area contributed by atoms with E-state index in [1.165, 1.54) is 0 Å². The molecule has 2 rings (SSSR count). The van der Waals surface area contributed by atoms with Gasteiger partial charge >= 0.3 is 0 Å². The lowest BCUT2D eigenvalue weighted by Crippen LogP contribution is -2.16. The molecule has 1 heterocycles. The molecule has 0 radical (unpaired) electrons. The number of hydrogen-bond acceptors (Lipinski definition) is 4. The third-order valence-electron chi connectivity index (χ3n) is 2.23. The van der Waals surface area contributed by atoms with Gasteiger partial charge in [-0.15, -0.1) is 0 Å². The predicted molar refractivity (Wildman–Crippen MR) is 57.0 cm³/mol. The first kappa shape index (κ1) is 8.99. The molecule has 4 heteroatoms. The van der Waals surface area contributed by atoms with Crippen LogP contribution in [0.4, 0.5) is 11.8 Å². The summed E-state index contributed by atoms with van der Waals surface area (Å²) in [6.45, 7) is 1.91. The third kappa shape index (κ3) is 2.02. The zero-order valence-corrected chi connectivity index (χ0v) is 8.20. The van der Waals surface area contributed by atoms with E-state index in [0.717, 1.165) is 24.4 Å². The standard InChI is InChI=1S/C10H14N4/c1-7-6-9(14-10(11)12-7)13-8-4-2-3-5-8/h2-3,6,8H,4-5H2,1H3,(H3,11,12,13,14). The lowest BCUT2D eigenvalue weighted by Gasteiger charge is -2.12. The average Bonchev–Trinajstić information content (AvgIpc) is 2.54. The number of anilines is 2. The normalized spacial score (nSPS) is 16.1. The van der Waals surface area contributed by atoms with Crippen molar-refractivity contribution in [3.63, 3.8) is 0 Å². The number of nitrogens with two attached hydrogens (primary N) is 1. The smallest absolute Gasteiger partial charge is 0.222 e. The van der Waals surface area contributed by atoms with Gasteiger partial charge in [-0.05, 0) is 19.8 Å². The topological polar surface area (TPSA) is 63.8 Å². The van der Waals surface area contributed by atoms with E-state index in [-0.39, 0.29) is 0 Å². The third-order valence-corrected chi connectivity index (χ3v) is 2.23. The van der Waals surface area contributed by atoms with Gasteiger partial charge in [0.25, 0.3) is 0 Å². The van der Waals surface area contributed by atoms with Crippen molar-refractivity contribution in [3.05, 3.63) is 23.9 Å². The highest BCUT2D eigenvalue weighted by Crippen LogP contribution is 2.16. The molecule has 0 bridgehead atoms. The van der Waals surface area contributed by atoms with Crippen LogP contribution in [0.25, 0.3) is 0 Å². The van der Waals surface area contributed by atoms with E-state index < -0.39 is 0 Å². The van der Waals surface area contributed by atoms with Gasteiger partial charge < -0.3 is 11.1 Å². The zero-order chi connectivity index (χ0) is 9.97. The summed E-state index contributed by atoms with van der Waals surface area (Å²) in [5.41, 5.74) is 6.45. The lowest BCUT2D eigenvalue weighted by atomic mass is 10.2. The van der Waals surface area contributed by atoms with Crippen LogP contribution < -0.4 is 11.1 Å². The molecule has 1 aromatic heterocycles. The Morgan fingerprint density at radius 2 is 2.07 bits per heavy atom. The Morgan fingerprint density at radius 3 is 2.71 bits per heavy atom. The molecule has 1 aliphatic rings. The second-order valence-corrected chi connectivity index (χ2v) is 3.54. The fourth-order valence-electron chi connectivity index (χ4n) is 1.61. The zero-order valence-electron chi connectivity index (χ0n) is 8.20. The second-order valence-electron chi connectivity index (χ2n) is 3.54. The lowest BCUT2D eigenvalue weighted by molar-refractivity contribution is 0.780. The first-order valence-electron chi connectivity index (χ1n) is 4.77. The molecule has 0 saturated heterocycles. The van der Waals surface area contributed by atoms with Crippen molar-refractivity contribution in [2.24, 2.45) is 0 Å². The van der Waals surface area contributed by atoms with Crippen LogP contribution in [0, 0.1) is 6.92 Å². The molecular formula is C10H14N4. The molecule has 3 N–H and O–H groups in total. The Labute approximate surface area is 83.3 Å². The van der Waals surface area contributed by atoms with Crippen molar-refractivity contribution in [1.82, 2.24) is 9.97 Å². The Balaban J connectivity index is 2.08. The fourth-order valence-corrected chi connectivity index (χ4v) is 1.61. The van der Waals surface area contributed by atoms with E-state index in [1.54, 1.807) is 0 Å². The predicted octanol–water partition coefficient (Wildman–Crippen LogP) is 1.50. The molecule has 0 spiro atoms. The molecule has 0 amide bonds. The van der Waals surface area contributed by atoms with E-state index >= 15 is 0 Å². The van der Waals surface area contributed by atoms with Gasteiger partial charge in [0, 0.05) is 17.8 Å². The highest BCUT2D eigenvalue weighted by Gasteiger charge is 2.10. The molecule has 0 atom stereocenters. The van der Waals surface area contributed by atoms with E-state index in [0.29, 0.717) is 12.0 Å². The summed E-state index contributed by atoms with van der Waals surface area (Å²) >= 11 is 0. The molecule has 0 aromatic carbocycles. The van der Waals surface area contributed by atoms with E-state index in [9.17, 15) is 0 Å². The minimum atomic E-state index is 0.332. The largest absolute Gasteiger partial charge is 0.368 e. The minimum absolute atomic E-state index is 0.332. The molecule has 1 aliphatic carbocycles. The van der Waals surface area contributed by atoms with Crippen molar-refractivity contribution in [2.75, 3.05) is 11.1 Å². The molecule has 0 saturated carbocycles. The number of nitrogens with one attached hydrogen (secondary N) is 1. The molecule has 14 heavy (non-hydrogen) atoms. The maximum atomic E-state index is 5.56. The molecule has 0 fully saturated rings. The maximum absolute atomic E-state index is 5.56. The quantitative estimate of drug-likeness (QED) is 0.694. The first-order valence-corrected chi connectivity index (χ1v) is 4.77. The van der Waals surface area contributed by atoms with Gasteiger partial charge in [-0.2, -0.15) is 4.98 Å². The summed E-state index contributed by atoms with van der Waals surface area (Å²) in [5, 5.41) is 3.33. The van der Waals surface area contributed by atoms with E-state index in [1.807, 2.05) is 13.0 Å². The number of aromatic nitrogens is 2. The van der Waals surface area contributed by atoms with Gasteiger partial charge in [-0.1, -0.05) is 12.2 Å². The molecule has 1 aromatic rings. The number of hydrogen-bond donors (Lipinski definition) is 2. The highest BCUT2D eigenvalue weighted by atomic mass is 15.1. The molecule has 0 unspecified atom stereocenters. The van der Waals surface area contributed by atoms with Gasteiger partial charge in [-0.3, -0.25) is 0 Å². The van der Waals surface area contributed by atoms with Crippen LogP contribution in [0.5, 0.6) is 0 Å². The van der Waals surface area contributed by atoms with Crippen LogP contribution in [-0.2, 0) is 0 Å². The number of rotatable bonds is 2. The maximum Gasteiger partial charge on any atom is 0.222 e. The highest BCUT2D eigenvalue weighted by molar-refractivity contribution is 5.41.